The molecule has 0 aromatic heterocycles. The van der Waals surface area contributed by atoms with Crippen molar-refractivity contribution >= 4 is 5.84 Å². The molecule has 0 radical (unpaired) electrons. The summed E-state index contributed by atoms with van der Waals surface area (Å²) in [5.74, 6) is 0.757. The normalized spacial score (nSPS) is 21.4. The van der Waals surface area contributed by atoms with Gasteiger partial charge < -0.3 is 4.90 Å². The van der Waals surface area contributed by atoms with Gasteiger partial charge in [-0.2, -0.15) is 0 Å². The fourth-order valence-corrected chi connectivity index (χ4v) is 3.19. The van der Waals surface area contributed by atoms with Crippen LogP contribution in [-0.4, -0.2) is 16.8 Å². The van der Waals surface area contributed by atoms with Crippen molar-refractivity contribution < 1.29 is 0 Å². The van der Waals surface area contributed by atoms with Crippen LogP contribution in [0.5, 0.6) is 0 Å². The fourth-order valence-electron chi connectivity index (χ4n) is 3.19. The van der Waals surface area contributed by atoms with E-state index in [9.17, 15) is 0 Å². The van der Waals surface area contributed by atoms with E-state index in [0.29, 0.717) is 6.04 Å². The first-order chi connectivity index (χ1) is 8.36. The third-order valence-corrected chi connectivity index (χ3v) is 4.17. The van der Waals surface area contributed by atoms with E-state index in [1.807, 2.05) is 6.07 Å². The zero-order chi connectivity index (χ0) is 11.7. The molecular weight excluding hydrogens is 208 g/mol. The number of nitrogens with zero attached hydrogens (tertiary/aromatic N) is 1. The van der Waals surface area contributed by atoms with Crippen LogP contribution in [0.2, 0.25) is 0 Å². The minimum absolute atomic E-state index is 0.609. The highest BCUT2D eigenvalue weighted by atomic mass is 15.2. The van der Waals surface area contributed by atoms with Crippen molar-refractivity contribution in [1.29, 1.82) is 5.41 Å². The number of hydrogen-bond acceptors (Lipinski definition) is 1. The van der Waals surface area contributed by atoms with E-state index in [1.165, 1.54) is 44.1 Å². The lowest BCUT2D eigenvalue weighted by Gasteiger charge is -2.28. The zero-order valence-corrected chi connectivity index (χ0v) is 10.3. The smallest absolute Gasteiger partial charge is 0.128 e. The summed E-state index contributed by atoms with van der Waals surface area (Å²) in [4.78, 5) is 2.33. The second-order valence-corrected chi connectivity index (χ2v) is 5.28. The maximum Gasteiger partial charge on any atom is 0.128 e. The van der Waals surface area contributed by atoms with Crippen LogP contribution in [0.15, 0.2) is 24.3 Å². The van der Waals surface area contributed by atoms with Gasteiger partial charge in [0.05, 0.1) is 0 Å². The minimum Gasteiger partial charge on any atom is -0.349 e. The highest BCUT2D eigenvalue weighted by Gasteiger charge is 2.29. The molecule has 0 amide bonds. The number of nitrogens with one attached hydrogen (secondary N) is 1. The molecule has 1 aliphatic carbocycles. The zero-order valence-electron chi connectivity index (χ0n) is 10.3. The Bertz CT molecular complexity index is 417. The van der Waals surface area contributed by atoms with Crippen molar-refractivity contribution in [2.75, 3.05) is 0 Å². The van der Waals surface area contributed by atoms with Gasteiger partial charge in [-0.25, -0.2) is 0 Å². The van der Waals surface area contributed by atoms with Crippen LogP contribution in [-0.2, 0) is 6.54 Å². The molecule has 0 unspecified atom stereocenters. The lowest BCUT2D eigenvalue weighted by atomic mass is 10.1. The number of amidine groups is 1. The Morgan fingerprint density at radius 2 is 1.71 bits per heavy atom. The molecule has 1 aromatic carbocycles. The predicted octanol–water partition coefficient (Wildman–Crippen LogP) is 3.55. The van der Waals surface area contributed by atoms with E-state index in [-0.39, 0.29) is 0 Å². The summed E-state index contributed by atoms with van der Waals surface area (Å²) in [6, 6.07) is 9.00. The van der Waals surface area contributed by atoms with Gasteiger partial charge in [0.15, 0.2) is 0 Å². The largest absolute Gasteiger partial charge is 0.349 e. The monoisotopic (exact) mass is 228 g/mol. The Hall–Kier alpha value is -1.31. The summed E-state index contributed by atoms with van der Waals surface area (Å²) < 4.78 is 0. The van der Waals surface area contributed by atoms with Gasteiger partial charge in [0, 0.05) is 18.2 Å². The molecular formula is C15H20N2. The predicted molar refractivity (Wildman–Crippen MR) is 70.3 cm³/mol. The van der Waals surface area contributed by atoms with Crippen LogP contribution >= 0.6 is 0 Å². The van der Waals surface area contributed by atoms with E-state index in [0.717, 1.165) is 17.9 Å². The molecule has 0 bridgehead atoms. The van der Waals surface area contributed by atoms with Gasteiger partial charge in [-0.15, -0.1) is 0 Å². The second kappa shape index (κ2) is 4.52. The molecule has 1 fully saturated rings. The molecule has 2 nitrogen and oxygen atoms in total. The maximum atomic E-state index is 8.32. The molecule has 0 atom stereocenters. The SMILES string of the molecule is N=C1c2ccccc2CN1C1CCCCCC1. The van der Waals surface area contributed by atoms with E-state index >= 15 is 0 Å². The van der Waals surface area contributed by atoms with Gasteiger partial charge in [0.2, 0.25) is 0 Å². The average molecular weight is 228 g/mol. The number of hydrogen-bond donors (Lipinski definition) is 1. The van der Waals surface area contributed by atoms with Crippen LogP contribution < -0.4 is 0 Å². The summed E-state index contributed by atoms with van der Waals surface area (Å²) >= 11 is 0. The van der Waals surface area contributed by atoms with Crippen LogP contribution in [0.25, 0.3) is 0 Å². The second-order valence-electron chi connectivity index (χ2n) is 5.28. The summed E-state index contributed by atoms with van der Waals surface area (Å²) in [5, 5.41) is 8.32. The highest BCUT2D eigenvalue weighted by molar-refractivity contribution is 6.00. The van der Waals surface area contributed by atoms with Crippen molar-refractivity contribution in [3.63, 3.8) is 0 Å². The molecule has 1 N–H and O–H groups in total. The molecule has 3 rings (SSSR count). The Labute approximate surface area is 103 Å². The van der Waals surface area contributed by atoms with Crippen molar-refractivity contribution in [2.45, 2.75) is 51.1 Å². The number of benzene rings is 1. The third kappa shape index (κ3) is 1.97. The topological polar surface area (TPSA) is 27.1 Å². The highest BCUT2D eigenvalue weighted by Crippen LogP contribution is 2.29. The van der Waals surface area contributed by atoms with E-state index in [1.54, 1.807) is 0 Å². The summed E-state index contributed by atoms with van der Waals surface area (Å²) in [6.07, 6.45) is 7.98. The van der Waals surface area contributed by atoms with Crippen molar-refractivity contribution in [1.82, 2.24) is 4.90 Å². The van der Waals surface area contributed by atoms with Gasteiger partial charge in [0.1, 0.15) is 5.84 Å². The van der Waals surface area contributed by atoms with Gasteiger partial charge in [-0.1, -0.05) is 49.9 Å². The minimum atomic E-state index is 0.609. The lowest BCUT2D eigenvalue weighted by molar-refractivity contribution is 0.285. The summed E-state index contributed by atoms with van der Waals surface area (Å²) in [5.41, 5.74) is 2.48. The Morgan fingerprint density at radius 3 is 2.41 bits per heavy atom. The maximum absolute atomic E-state index is 8.32. The molecule has 1 heterocycles. The van der Waals surface area contributed by atoms with Gasteiger partial charge in [0.25, 0.3) is 0 Å². The van der Waals surface area contributed by atoms with Gasteiger partial charge in [-0.3, -0.25) is 5.41 Å². The average Bonchev–Trinajstić information content (AvgIpc) is 2.57. The summed E-state index contributed by atoms with van der Waals surface area (Å²) in [6.45, 7) is 0.958. The summed E-state index contributed by atoms with van der Waals surface area (Å²) in [7, 11) is 0. The molecule has 1 saturated carbocycles. The molecule has 17 heavy (non-hydrogen) atoms. The quantitative estimate of drug-likeness (QED) is 0.731. The van der Waals surface area contributed by atoms with E-state index in [4.69, 9.17) is 5.41 Å². The van der Waals surface area contributed by atoms with Crippen molar-refractivity contribution in [3.8, 4) is 0 Å². The first-order valence-electron chi connectivity index (χ1n) is 6.80. The van der Waals surface area contributed by atoms with Crippen LogP contribution in [0.1, 0.15) is 49.7 Å². The molecule has 1 aromatic rings. The molecule has 0 saturated heterocycles. The fraction of sp³-hybridized carbons (Fsp3) is 0.533. The number of rotatable bonds is 1. The lowest BCUT2D eigenvalue weighted by Crippen LogP contribution is -2.35. The first kappa shape index (κ1) is 10.8. The molecule has 2 heteroatoms. The van der Waals surface area contributed by atoms with Crippen LogP contribution in [0, 0.1) is 5.41 Å². The van der Waals surface area contributed by atoms with Gasteiger partial charge >= 0.3 is 0 Å². The Morgan fingerprint density at radius 1 is 1.00 bits per heavy atom. The number of fused-ring (bicyclic) bond motifs is 1. The van der Waals surface area contributed by atoms with Crippen molar-refractivity contribution in [3.05, 3.63) is 35.4 Å². The van der Waals surface area contributed by atoms with E-state index < -0.39 is 0 Å². The third-order valence-electron chi connectivity index (χ3n) is 4.17. The molecule has 90 valence electrons. The Kier molecular flexibility index (Phi) is 2.87. The molecule has 0 spiro atoms. The standard InChI is InChI=1S/C15H20N2/c16-15-14-10-6-5-7-12(14)11-17(15)13-8-3-1-2-4-9-13/h5-7,10,13,16H,1-4,8-9,11H2. The van der Waals surface area contributed by atoms with Crippen LogP contribution in [0.3, 0.4) is 0 Å². The first-order valence-corrected chi connectivity index (χ1v) is 6.80. The van der Waals surface area contributed by atoms with E-state index in [2.05, 4.69) is 23.1 Å². The van der Waals surface area contributed by atoms with Crippen LogP contribution in [0.4, 0.5) is 0 Å². The van der Waals surface area contributed by atoms with Gasteiger partial charge in [-0.05, 0) is 18.4 Å². The molecule has 1 aliphatic heterocycles. The van der Waals surface area contributed by atoms with Crippen molar-refractivity contribution in [2.24, 2.45) is 0 Å². The molecule has 2 aliphatic rings. The Balaban J connectivity index is 1.80.